The molecule has 1 N–H and O–H groups in total. The van der Waals surface area contributed by atoms with Crippen molar-refractivity contribution in [3.05, 3.63) is 57.0 Å². The van der Waals surface area contributed by atoms with Crippen molar-refractivity contribution in [1.29, 1.82) is 0 Å². The van der Waals surface area contributed by atoms with Gasteiger partial charge in [-0.25, -0.2) is 5.43 Å². The second kappa shape index (κ2) is 8.60. The summed E-state index contributed by atoms with van der Waals surface area (Å²) in [5, 5.41) is 4.69. The lowest BCUT2D eigenvalue weighted by Crippen LogP contribution is -2.19. The van der Waals surface area contributed by atoms with Crippen molar-refractivity contribution in [3.8, 4) is 11.5 Å². The molecule has 25 heavy (non-hydrogen) atoms. The van der Waals surface area contributed by atoms with Crippen LogP contribution in [-0.4, -0.2) is 24.7 Å². The molecule has 0 radical (unpaired) electrons. The number of hydrazone groups is 1. The Morgan fingerprint density at radius 2 is 2.00 bits per heavy atom. The molecule has 1 aliphatic heterocycles. The predicted molar refractivity (Wildman–Crippen MR) is 104 cm³/mol. The molecule has 5 nitrogen and oxygen atoms in total. The van der Waals surface area contributed by atoms with E-state index >= 15 is 0 Å². The molecular formula is C17H14BrClN2O3S. The van der Waals surface area contributed by atoms with E-state index in [-0.39, 0.29) is 12.7 Å². The second-order valence-corrected chi connectivity index (χ2v) is 7.42. The van der Waals surface area contributed by atoms with Crippen molar-refractivity contribution < 1.29 is 14.3 Å². The Morgan fingerprint density at radius 3 is 2.76 bits per heavy atom. The van der Waals surface area contributed by atoms with Gasteiger partial charge in [-0.1, -0.05) is 23.7 Å². The molecule has 2 aromatic rings. The molecule has 130 valence electrons. The van der Waals surface area contributed by atoms with Crippen LogP contribution in [0.2, 0.25) is 5.02 Å². The van der Waals surface area contributed by atoms with E-state index in [1.54, 1.807) is 12.3 Å². The van der Waals surface area contributed by atoms with Crippen LogP contribution in [0.15, 0.2) is 46.0 Å². The molecule has 0 saturated carbocycles. The van der Waals surface area contributed by atoms with Gasteiger partial charge in [-0.2, -0.15) is 5.10 Å². The molecule has 0 fully saturated rings. The van der Waals surface area contributed by atoms with Crippen LogP contribution in [0.5, 0.6) is 11.5 Å². The van der Waals surface area contributed by atoms with E-state index < -0.39 is 0 Å². The number of halogens is 2. The maximum atomic E-state index is 11.8. The smallest absolute Gasteiger partial charge is 0.250 e. The first-order valence-corrected chi connectivity index (χ1v) is 9.67. The molecule has 0 aromatic heterocycles. The number of fused-ring (bicyclic) bond motifs is 1. The summed E-state index contributed by atoms with van der Waals surface area (Å²) < 4.78 is 11.4. The zero-order valence-corrected chi connectivity index (χ0v) is 16.2. The molecule has 0 spiro atoms. The number of nitrogens with one attached hydrogen (secondary N) is 1. The summed E-state index contributed by atoms with van der Waals surface area (Å²) in [6, 6.07) is 11.2. The Kier molecular flexibility index (Phi) is 6.23. The molecule has 1 aliphatic rings. The minimum absolute atomic E-state index is 0.160. The third kappa shape index (κ3) is 5.14. The Morgan fingerprint density at radius 1 is 1.28 bits per heavy atom. The van der Waals surface area contributed by atoms with E-state index in [0.717, 1.165) is 21.4 Å². The number of nitrogens with zero attached hydrogens (tertiary/aromatic N) is 1. The molecule has 2 aromatic carbocycles. The molecule has 1 amide bonds. The van der Waals surface area contributed by atoms with E-state index in [1.807, 2.05) is 30.3 Å². The fraction of sp³-hybridized carbons (Fsp3) is 0.176. The van der Waals surface area contributed by atoms with Gasteiger partial charge >= 0.3 is 0 Å². The van der Waals surface area contributed by atoms with Crippen LogP contribution in [-0.2, 0) is 10.5 Å². The van der Waals surface area contributed by atoms with Gasteiger partial charge in [0.15, 0.2) is 11.5 Å². The number of carbonyl (C=O) groups is 1. The van der Waals surface area contributed by atoms with E-state index in [0.29, 0.717) is 22.3 Å². The van der Waals surface area contributed by atoms with Crippen LogP contribution in [0, 0.1) is 0 Å². The highest BCUT2D eigenvalue weighted by Crippen LogP contribution is 2.36. The standard InChI is InChI=1S/C17H14BrClN2O3S/c18-14-6-16-15(23-10-24-16)5-12(14)7-20-21-17(22)9-25-8-11-1-3-13(19)4-2-11/h1-7H,8-10H2,(H,21,22)/b20-7-. The first kappa shape index (κ1) is 18.1. The summed E-state index contributed by atoms with van der Waals surface area (Å²) in [5.41, 5.74) is 4.43. The van der Waals surface area contributed by atoms with E-state index in [9.17, 15) is 4.79 Å². The molecule has 0 bridgehead atoms. The maximum absolute atomic E-state index is 11.8. The second-order valence-electron chi connectivity index (χ2n) is 5.14. The van der Waals surface area contributed by atoms with Crippen molar-refractivity contribution in [3.63, 3.8) is 0 Å². The maximum Gasteiger partial charge on any atom is 0.250 e. The summed E-state index contributed by atoms with van der Waals surface area (Å²) in [6.07, 6.45) is 1.56. The van der Waals surface area contributed by atoms with Crippen LogP contribution < -0.4 is 14.9 Å². The van der Waals surface area contributed by atoms with Gasteiger partial charge in [-0.05, 0) is 45.8 Å². The number of rotatable bonds is 6. The van der Waals surface area contributed by atoms with Crippen LogP contribution in [0.4, 0.5) is 0 Å². The highest BCUT2D eigenvalue weighted by molar-refractivity contribution is 9.10. The third-order valence-electron chi connectivity index (χ3n) is 3.30. The first-order valence-electron chi connectivity index (χ1n) is 7.35. The van der Waals surface area contributed by atoms with Gasteiger partial charge in [0.1, 0.15) is 0 Å². The van der Waals surface area contributed by atoms with Crippen molar-refractivity contribution in [1.82, 2.24) is 5.43 Å². The lowest BCUT2D eigenvalue weighted by atomic mass is 10.2. The summed E-state index contributed by atoms with van der Waals surface area (Å²) in [7, 11) is 0. The number of hydrogen-bond acceptors (Lipinski definition) is 5. The molecule has 0 unspecified atom stereocenters. The molecule has 0 aliphatic carbocycles. The van der Waals surface area contributed by atoms with Crippen molar-refractivity contribution in [2.75, 3.05) is 12.5 Å². The van der Waals surface area contributed by atoms with Gasteiger partial charge < -0.3 is 9.47 Å². The zero-order valence-electron chi connectivity index (χ0n) is 13.0. The van der Waals surface area contributed by atoms with Crippen LogP contribution in [0.1, 0.15) is 11.1 Å². The predicted octanol–water partition coefficient (Wildman–Crippen LogP) is 4.21. The molecule has 8 heteroatoms. The van der Waals surface area contributed by atoms with E-state index in [4.69, 9.17) is 21.1 Å². The van der Waals surface area contributed by atoms with Crippen LogP contribution >= 0.6 is 39.3 Å². The molecule has 0 atom stereocenters. The normalized spacial score (nSPS) is 12.6. The van der Waals surface area contributed by atoms with Crippen LogP contribution in [0.25, 0.3) is 0 Å². The Labute approximate surface area is 162 Å². The lowest BCUT2D eigenvalue weighted by molar-refractivity contribution is -0.118. The monoisotopic (exact) mass is 440 g/mol. The fourth-order valence-corrected chi connectivity index (χ4v) is 3.41. The Bertz CT molecular complexity index is 799. The van der Waals surface area contributed by atoms with Gasteiger partial charge in [0.05, 0.1) is 12.0 Å². The SMILES string of the molecule is O=C(CSCc1ccc(Cl)cc1)N/N=C\c1cc2c(cc1Br)OCO2. The highest BCUT2D eigenvalue weighted by atomic mass is 79.9. The topological polar surface area (TPSA) is 59.9 Å². The molecule has 3 rings (SSSR count). The average molecular weight is 442 g/mol. The Hall–Kier alpha value is -1.70. The summed E-state index contributed by atoms with van der Waals surface area (Å²) in [4.78, 5) is 11.8. The number of benzene rings is 2. The summed E-state index contributed by atoms with van der Waals surface area (Å²) in [5.74, 6) is 2.25. The summed E-state index contributed by atoms with van der Waals surface area (Å²) >= 11 is 10.8. The Balaban J connectivity index is 1.46. The van der Waals surface area contributed by atoms with Crippen molar-refractivity contribution in [2.45, 2.75) is 5.75 Å². The molecular weight excluding hydrogens is 428 g/mol. The quantitative estimate of drug-likeness (QED) is 0.539. The highest BCUT2D eigenvalue weighted by Gasteiger charge is 2.15. The van der Waals surface area contributed by atoms with Gasteiger partial charge in [0.2, 0.25) is 12.7 Å². The van der Waals surface area contributed by atoms with Gasteiger partial charge in [-0.15, -0.1) is 11.8 Å². The van der Waals surface area contributed by atoms with Gasteiger partial charge in [-0.3, -0.25) is 4.79 Å². The average Bonchev–Trinajstić information content (AvgIpc) is 3.04. The van der Waals surface area contributed by atoms with Gasteiger partial charge in [0, 0.05) is 20.8 Å². The van der Waals surface area contributed by atoms with Crippen molar-refractivity contribution in [2.24, 2.45) is 5.10 Å². The minimum atomic E-state index is -0.160. The van der Waals surface area contributed by atoms with Crippen molar-refractivity contribution >= 4 is 51.4 Å². The van der Waals surface area contributed by atoms with Gasteiger partial charge in [0.25, 0.3) is 0 Å². The van der Waals surface area contributed by atoms with E-state index in [1.165, 1.54) is 11.8 Å². The number of amides is 1. The zero-order chi connectivity index (χ0) is 17.6. The third-order valence-corrected chi connectivity index (χ3v) is 5.24. The molecule has 0 saturated heterocycles. The fourth-order valence-electron chi connectivity index (χ4n) is 2.08. The molecule has 1 heterocycles. The number of carbonyl (C=O) groups excluding carboxylic acids is 1. The lowest BCUT2D eigenvalue weighted by Gasteiger charge is -2.03. The number of ether oxygens (including phenoxy) is 2. The van der Waals surface area contributed by atoms with Crippen LogP contribution in [0.3, 0.4) is 0 Å². The summed E-state index contributed by atoms with van der Waals surface area (Å²) in [6.45, 7) is 0.212. The first-order chi connectivity index (χ1) is 12.1. The van der Waals surface area contributed by atoms with E-state index in [2.05, 4.69) is 26.5 Å². The largest absolute Gasteiger partial charge is 0.454 e. The minimum Gasteiger partial charge on any atom is -0.454 e. The number of hydrogen-bond donors (Lipinski definition) is 1. The number of thioether (sulfide) groups is 1.